The number of hydrogen-bond donors (Lipinski definition) is 0. The third-order valence-corrected chi connectivity index (χ3v) is 6.34. The van der Waals surface area contributed by atoms with E-state index < -0.39 is 43.4 Å². The summed E-state index contributed by atoms with van der Waals surface area (Å²) in [5, 5.41) is 37.9. The van der Waals surface area contributed by atoms with Crippen molar-refractivity contribution in [1.29, 1.82) is 0 Å². The Hall–Kier alpha value is -4.70. The summed E-state index contributed by atoms with van der Waals surface area (Å²) in [6.07, 6.45) is 1.13. The number of hydrazone groups is 1. The molecule has 0 aliphatic heterocycles. The number of non-ortho nitro benzene ring substituents is 2. The number of fused-ring (bicyclic) bond motifs is 1. The lowest BCUT2D eigenvalue weighted by Crippen LogP contribution is -2.25. The van der Waals surface area contributed by atoms with Crippen LogP contribution in [0.5, 0.6) is 0 Å². The fourth-order valence-electron chi connectivity index (χ4n) is 2.84. The second kappa shape index (κ2) is 9.27. The molecule has 16 heteroatoms. The van der Waals surface area contributed by atoms with Crippen molar-refractivity contribution in [3.05, 3.63) is 95.1 Å². The molecule has 0 saturated carbocycles. The van der Waals surface area contributed by atoms with Crippen molar-refractivity contribution in [3.8, 4) is 0 Å². The number of benzene rings is 2. The van der Waals surface area contributed by atoms with Gasteiger partial charge in [0, 0.05) is 18.2 Å². The highest BCUT2D eigenvalue weighted by Gasteiger charge is 2.26. The van der Waals surface area contributed by atoms with E-state index in [4.69, 9.17) is 0 Å². The summed E-state index contributed by atoms with van der Waals surface area (Å²) in [5.74, 6) is -1.55. The fourth-order valence-corrected chi connectivity index (χ4v) is 4.48. The molecule has 176 valence electrons. The summed E-state index contributed by atoms with van der Waals surface area (Å²) < 4.78 is 14.0. The average molecular weight is 516 g/mol. The van der Waals surface area contributed by atoms with Crippen LogP contribution in [0.4, 0.5) is 25.9 Å². The van der Waals surface area contributed by atoms with Gasteiger partial charge in [-0.1, -0.05) is 22.7 Å². The molecular formula is C19H9FN6O7S2. The molecule has 4 aromatic rings. The van der Waals surface area contributed by atoms with Gasteiger partial charge in [0.15, 0.2) is 0 Å². The van der Waals surface area contributed by atoms with Gasteiger partial charge >= 0.3 is 5.00 Å². The van der Waals surface area contributed by atoms with Crippen molar-refractivity contribution in [2.24, 2.45) is 5.10 Å². The predicted molar refractivity (Wildman–Crippen MR) is 125 cm³/mol. The summed E-state index contributed by atoms with van der Waals surface area (Å²) in [7, 11) is 0. The number of carbonyl (C=O) groups excluding carboxylic acids is 1. The Morgan fingerprint density at radius 3 is 2.23 bits per heavy atom. The molecule has 0 unspecified atom stereocenters. The Labute approximate surface area is 200 Å². The van der Waals surface area contributed by atoms with E-state index in [-0.39, 0.29) is 10.1 Å². The fraction of sp³-hybridized carbons (Fsp3) is 0. The van der Waals surface area contributed by atoms with Gasteiger partial charge in [-0.2, -0.15) is 10.1 Å². The average Bonchev–Trinajstić information content (AvgIpc) is 3.45. The second-order valence-electron chi connectivity index (χ2n) is 6.66. The minimum Gasteiger partial charge on any atom is -0.267 e. The number of nitro benzene ring substituents is 2. The quantitative estimate of drug-likeness (QED) is 0.189. The van der Waals surface area contributed by atoms with E-state index in [9.17, 15) is 39.5 Å². The van der Waals surface area contributed by atoms with Crippen molar-refractivity contribution < 1.29 is 24.0 Å². The highest BCUT2D eigenvalue weighted by molar-refractivity contribution is 7.22. The second-order valence-corrected chi connectivity index (χ2v) is 8.76. The molecule has 0 aliphatic carbocycles. The third kappa shape index (κ3) is 4.97. The van der Waals surface area contributed by atoms with Gasteiger partial charge in [0.2, 0.25) is 5.13 Å². The van der Waals surface area contributed by atoms with Crippen LogP contribution in [0.2, 0.25) is 0 Å². The molecule has 0 atom stereocenters. The number of hydrogen-bond acceptors (Lipinski definition) is 11. The van der Waals surface area contributed by atoms with E-state index >= 15 is 0 Å². The summed E-state index contributed by atoms with van der Waals surface area (Å²) in [4.78, 5) is 48.9. The van der Waals surface area contributed by atoms with Gasteiger partial charge in [-0.3, -0.25) is 35.1 Å². The highest BCUT2D eigenvalue weighted by atomic mass is 32.1. The first-order chi connectivity index (χ1) is 16.6. The standard InChI is InChI=1S/C19H9FN6O7S2/c20-11-1-3-15-16(7-11)35-19(22-15)23(21-9-14-2-4-17(34-14)26(32)33)18(27)10-5-12(24(28)29)8-13(6-10)25(30)31/h1-9H/b21-9+. The Kier molecular flexibility index (Phi) is 6.22. The van der Waals surface area contributed by atoms with Gasteiger partial charge in [0.1, 0.15) is 5.82 Å². The predicted octanol–water partition coefficient (Wildman–Crippen LogP) is 4.90. The van der Waals surface area contributed by atoms with Gasteiger partial charge in [-0.05, 0) is 24.3 Å². The van der Waals surface area contributed by atoms with Crippen molar-refractivity contribution in [2.75, 3.05) is 5.01 Å². The zero-order valence-corrected chi connectivity index (χ0v) is 18.6. The van der Waals surface area contributed by atoms with Crippen LogP contribution in [0.3, 0.4) is 0 Å². The van der Waals surface area contributed by atoms with Crippen LogP contribution in [0.15, 0.2) is 53.6 Å². The van der Waals surface area contributed by atoms with Crippen molar-refractivity contribution in [3.63, 3.8) is 0 Å². The smallest absolute Gasteiger partial charge is 0.267 e. The van der Waals surface area contributed by atoms with Gasteiger partial charge in [-0.25, -0.2) is 9.37 Å². The van der Waals surface area contributed by atoms with Gasteiger partial charge in [-0.15, -0.1) is 0 Å². The van der Waals surface area contributed by atoms with Crippen LogP contribution in [0, 0.1) is 36.2 Å². The number of aromatic nitrogens is 1. The molecule has 1 amide bonds. The van der Waals surface area contributed by atoms with Crippen LogP contribution >= 0.6 is 22.7 Å². The maximum Gasteiger partial charge on any atom is 0.324 e. The molecule has 2 aromatic heterocycles. The van der Waals surface area contributed by atoms with Crippen LogP contribution in [0.1, 0.15) is 15.2 Å². The van der Waals surface area contributed by atoms with Crippen molar-refractivity contribution in [2.45, 2.75) is 0 Å². The topological polar surface area (TPSA) is 175 Å². The number of amides is 1. The summed E-state index contributed by atoms with van der Waals surface area (Å²) in [6, 6.07) is 8.75. The largest absolute Gasteiger partial charge is 0.324 e. The number of nitro groups is 3. The lowest BCUT2D eigenvalue weighted by molar-refractivity contribution is -0.394. The monoisotopic (exact) mass is 516 g/mol. The van der Waals surface area contributed by atoms with Crippen molar-refractivity contribution >= 4 is 66.5 Å². The molecule has 2 heterocycles. The lowest BCUT2D eigenvalue weighted by atomic mass is 10.1. The van der Waals surface area contributed by atoms with Crippen LogP contribution < -0.4 is 5.01 Å². The normalized spacial score (nSPS) is 11.1. The van der Waals surface area contributed by atoms with Gasteiger partial charge in [0.05, 0.1) is 47.7 Å². The minimum absolute atomic E-state index is 0.0629. The maximum atomic E-state index is 13.6. The summed E-state index contributed by atoms with van der Waals surface area (Å²) >= 11 is 1.65. The first kappa shape index (κ1) is 23.5. The van der Waals surface area contributed by atoms with E-state index in [1.165, 1.54) is 24.3 Å². The summed E-state index contributed by atoms with van der Waals surface area (Å²) in [5.41, 5.74) is -1.47. The molecule has 0 N–H and O–H groups in total. The molecule has 13 nitrogen and oxygen atoms in total. The van der Waals surface area contributed by atoms with Gasteiger partial charge in [0.25, 0.3) is 17.3 Å². The minimum atomic E-state index is -1.00. The molecule has 4 rings (SSSR count). The molecule has 0 fully saturated rings. The molecule has 35 heavy (non-hydrogen) atoms. The van der Waals surface area contributed by atoms with Crippen LogP contribution in [0.25, 0.3) is 10.2 Å². The highest BCUT2D eigenvalue weighted by Crippen LogP contribution is 2.32. The molecule has 0 spiro atoms. The zero-order chi connectivity index (χ0) is 25.3. The van der Waals surface area contributed by atoms with Crippen molar-refractivity contribution in [1.82, 2.24) is 4.98 Å². The number of rotatable bonds is 7. The number of anilines is 1. The Bertz CT molecular complexity index is 1520. The number of carbonyl (C=O) groups is 1. The van der Waals surface area contributed by atoms with E-state index in [2.05, 4.69) is 10.1 Å². The van der Waals surface area contributed by atoms with E-state index in [1.54, 1.807) is 0 Å². The number of thiophene rings is 1. The zero-order valence-electron chi connectivity index (χ0n) is 16.9. The molecule has 0 radical (unpaired) electrons. The molecule has 0 saturated heterocycles. The molecular weight excluding hydrogens is 507 g/mol. The number of thiazole rings is 1. The maximum absolute atomic E-state index is 13.6. The van der Waals surface area contributed by atoms with E-state index in [0.717, 1.165) is 52.1 Å². The van der Waals surface area contributed by atoms with E-state index in [1.807, 2.05) is 0 Å². The van der Waals surface area contributed by atoms with Crippen LogP contribution in [-0.2, 0) is 0 Å². The lowest BCUT2D eigenvalue weighted by Gasteiger charge is -2.13. The Morgan fingerprint density at radius 1 is 0.943 bits per heavy atom. The third-order valence-electron chi connectivity index (χ3n) is 4.38. The number of halogens is 1. The van der Waals surface area contributed by atoms with Gasteiger partial charge < -0.3 is 0 Å². The SMILES string of the molecule is O=C(c1cc([N+](=O)[O-])cc([N+](=O)[O-])c1)N(/N=C/c1ccc([N+](=O)[O-])s1)c1nc2ccc(F)cc2s1. The summed E-state index contributed by atoms with van der Waals surface area (Å²) in [6.45, 7) is 0. The first-order valence-electron chi connectivity index (χ1n) is 9.25. The Morgan fingerprint density at radius 2 is 1.63 bits per heavy atom. The first-order valence-corrected chi connectivity index (χ1v) is 10.9. The molecule has 0 aliphatic rings. The Balaban J connectivity index is 1.82. The number of nitrogens with zero attached hydrogens (tertiary/aromatic N) is 6. The van der Waals surface area contributed by atoms with Crippen LogP contribution in [-0.4, -0.2) is 31.9 Å². The van der Waals surface area contributed by atoms with E-state index in [0.29, 0.717) is 21.2 Å². The molecule has 2 aromatic carbocycles. The molecule has 0 bridgehead atoms.